The van der Waals surface area contributed by atoms with E-state index >= 15 is 0 Å². The van der Waals surface area contributed by atoms with Crippen LogP contribution in [0.1, 0.15) is 37.9 Å². The summed E-state index contributed by atoms with van der Waals surface area (Å²) < 4.78 is 5.38. The summed E-state index contributed by atoms with van der Waals surface area (Å²) in [5, 5.41) is 8.52. The molecule has 6 heteroatoms. The lowest BCUT2D eigenvalue weighted by molar-refractivity contribution is -0.118. The lowest BCUT2D eigenvalue weighted by Crippen LogP contribution is -2.31. The molecule has 144 valence electrons. The number of hydrogen-bond donors (Lipinski definition) is 3. The Morgan fingerprint density at radius 1 is 0.926 bits per heavy atom. The number of ether oxygens (including phenoxy) is 1. The molecule has 0 aliphatic heterocycles. The molecule has 1 atom stereocenters. The molecule has 0 heterocycles. The number of anilines is 2. The number of amides is 3. The van der Waals surface area contributed by atoms with Crippen LogP contribution in [0, 0.1) is 12.8 Å². The van der Waals surface area contributed by atoms with Crippen molar-refractivity contribution in [3.63, 3.8) is 0 Å². The first-order valence-electron chi connectivity index (χ1n) is 8.93. The Kier molecular flexibility index (Phi) is 6.82. The van der Waals surface area contributed by atoms with Crippen LogP contribution in [-0.2, 0) is 4.79 Å². The van der Waals surface area contributed by atoms with E-state index in [-0.39, 0.29) is 23.9 Å². The van der Waals surface area contributed by atoms with E-state index in [1.165, 1.54) is 0 Å². The monoisotopic (exact) mass is 369 g/mol. The Labute approximate surface area is 160 Å². The molecule has 2 aromatic rings. The predicted octanol–water partition coefficient (Wildman–Crippen LogP) is 4.48. The summed E-state index contributed by atoms with van der Waals surface area (Å²) in [5.74, 6) is 0.599. The second kappa shape index (κ2) is 9.07. The van der Waals surface area contributed by atoms with Crippen LogP contribution in [0.3, 0.4) is 0 Å². The van der Waals surface area contributed by atoms with Crippen molar-refractivity contribution in [2.45, 2.75) is 33.7 Å². The minimum Gasteiger partial charge on any atom is -0.496 e. The van der Waals surface area contributed by atoms with Crippen LogP contribution in [0.4, 0.5) is 16.2 Å². The Morgan fingerprint density at radius 3 is 2.07 bits per heavy atom. The molecule has 0 saturated carbocycles. The average Bonchev–Trinajstić information content (AvgIpc) is 2.63. The first-order chi connectivity index (χ1) is 12.8. The molecule has 0 unspecified atom stereocenters. The molecule has 0 spiro atoms. The predicted molar refractivity (Wildman–Crippen MR) is 108 cm³/mol. The maximum absolute atomic E-state index is 12.3. The fourth-order valence-corrected chi connectivity index (χ4v) is 2.56. The molecule has 3 amide bonds. The average molecular weight is 369 g/mol. The number of nitrogens with one attached hydrogen (secondary N) is 3. The second-order valence-corrected chi connectivity index (χ2v) is 6.79. The summed E-state index contributed by atoms with van der Waals surface area (Å²) in [7, 11) is 1.61. The molecule has 0 aliphatic carbocycles. The first-order valence-corrected chi connectivity index (χ1v) is 8.93. The van der Waals surface area contributed by atoms with Crippen LogP contribution in [0.5, 0.6) is 5.75 Å². The van der Waals surface area contributed by atoms with Crippen molar-refractivity contribution in [1.29, 1.82) is 0 Å². The molecule has 0 aliphatic rings. The van der Waals surface area contributed by atoms with Crippen LogP contribution in [0.15, 0.2) is 42.5 Å². The number of rotatable bonds is 6. The van der Waals surface area contributed by atoms with Crippen LogP contribution < -0.4 is 20.7 Å². The molecule has 2 rings (SSSR count). The summed E-state index contributed by atoms with van der Waals surface area (Å²) in [6.07, 6.45) is 0. The lowest BCUT2D eigenvalue weighted by Gasteiger charge is -2.18. The fraction of sp³-hybridized carbons (Fsp3) is 0.333. The Bertz CT molecular complexity index is 801. The van der Waals surface area contributed by atoms with Gasteiger partial charge in [-0.3, -0.25) is 4.79 Å². The number of carbonyl (C=O) groups is 2. The number of methoxy groups -OCH3 is 1. The van der Waals surface area contributed by atoms with Crippen molar-refractivity contribution in [2.24, 2.45) is 5.92 Å². The second-order valence-electron chi connectivity index (χ2n) is 6.79. The van der Waals surface area contributed by atoms with E-state index in [1.54, 1.807) is 31.4 Å². The third-order valence-corrected chi connectivity index (χ3v) is 4.13. The number of aryl methyl sites for hydroxylation is 1. The largest absolute Gasteiger partial charge is 0.496 e. The third-order valence-electron chi connectivity index (χ3n) is 4.13. The zero-order chi connectivity index (χ0) is 20.0. The molecular formula is C21H27N3O3. The van der Waals surface area contributed by atoms with Crippen molar-refractivity contribution >= 4 is 23.3 Å². The van der Waals surface area contributed by atoms with E-state index in [1.807, 2.05) is 45.9 Å². The van der Waals surface area contributed by atoms with Gasteiger partial charge in [0.25, 0.3) is 0 Å². The van der Waals surface area contributed by atoms with Gasteiger partial charge in [0.1, 0.15) is 5.75 Å². The Balaban J connectivity index is 1.97. The number of benzene rings is 2. The van der Waals surface area contributed by atoms with Crippen molar-refractivity contribution in [2.75, 3.05) is 17.7 Å². The van der Waals surface area contributed by atoms with Gasteiger partial charge >= 0.3 is 6.03 Å². The molecule has 3 N–H and O–H groups in total. The van der Waals surface area contributed by atoms with Gasteiger partial charge in [-0.2, -0.15) is 0 Å². The highest BCUT2D eigenvalue weighted by atomic mass is 16.5. The van der Waals surface area contributed by atoms with E-state index in [0.717, 1.165) is 16.9 Å². The minimum absolute atomic E-state index is 0.0469. The Morgan fingerprint density at radius 2 is 1.52 bits per heavy atom. The van der Waals surface area contributed by atoms with E-state index in [9.17, 15) is 9.59 Å². The van der Waals surface area contributed by atoms with Crippen LogP contribution >= 0.6 is 0 Å². The van der Waals surface area contributed by atoms with Crippen LogP contribution in [0.25, 0.3) is 0 Å². The normalized spacial score (nSPS) is 11.6. The highest BCUT2D eigenvalue weighted by molar-refractivity contribution is 5.93. The number of hydrogen-bond acceptors (Lipinski definition) is 3. The summed E-state index contributed by atoms with van der Waals surface area (Å²) in [6.45, 7) is 7.57. The van der Waals surface area contributed by atoms with Crippen molar-refractivity contribution in [3.8, 4) is 5.75 Å². The van der Waals surface area contributed by atoms with Gasteiger partial charge in [0.05, 0.1) is 13.2 Å². The minimum atomic E-state index is -0.315. The zero-order valence-corrected chi connectivity index (χ0v) is 16.4. The summed E-state index contributed by atoms with van der Waals surface area (Å²) >= 11 is 0. The van der Waals surface area contributed by atoms with Gasteiger partial charge in [-0.15, -0.1) is 0 Å². The molecule has 0 aromatic heterocycles. The maximum Gasteiger partial charge on any atom is 0.319 e. The number of urea groups is 1. The quantitative estimate of drug-likeness (QED) is 0.702. The zero-order valence-electron chi connectivity index (χ0n) is 16.4. The van der Waals surface area contributed by atoms with Gasteiger partial charge in [-0.25, -0.2) is 4.79 Å². The van der Waals surface area contributed by atoms with Crippen LogP contribution in [-0.4, -0.2) is 19.0 Å². The van der Waals surface area contributed by atoms with Gasteiger partial charge in [0.15, 0.2) is 0 Å². The molecule has 6 nitrogen and oxygen atoms in total. The summed E-state index contributed by atoms with van der Waals surface area (Å²) in [4.78, 5) is 24.0. The fourth-order valence-electron chi connectivity index (χ4n) is 2.56. The maximum atomic E-state index is 12.3. The Hall–Kier alpha value is -3.02. The number of carbonyl (C=O) groups excluding carboxylic acids is 2. The van der Waals surface area contributed by atoms with Crippen molar-refractivity contribution in [1.82, 2.24) is 5.32 Å². The van der Waals surface area contributed by atoms with Crippen molar-refractivity contribution < 1.29 is 14.3 Å². The summed E-state index contributed by atoms with van der Waals surface area (Å²) in [5.41, 5.74) is 3.34. The van der Waals surface area contributed by atoms with Gasteiger partial charge in [0, 0.05) is 22.9 Å². The van der Waals surface area contributed by atoms with E-state index in [2.05, 4.69) is 16.0 Å². The topological polar surface area (TPSA) is 79.5 Å². The smallest absolute Gasteiger partial charge is 0.319 e. The van der Waals surface area contributed by atoms with E-state index in [4.69, 9.17) is 4.74 Å². The van der Waals surface area contributed by atoms with Gasteiger partial charge in [-0.1, -0.05) is 31.5 Å². The van der Waals surface area contributed by atoms with Gasteiger partial charge < -0.3 is 20.7 Å². The molecule has 0 radical (unpaired) electrons. The van der Waals surface area contributed by atoms with Crippen molar-refractivity contribution in [3.05, 3.63) is 53.6 Å². The highest BCUT2D eigenvalue weighted by Crippen LogP contribution is 2.26. The molecule has 0 bridgehead atoms. The molecule has 2 aromatic carbocycles. The SMILES string of the molecule is COc1ccc(C)cc1[C@H](C)NC(=O)Nc1ccc(NC(=O)C(C)C)cc1. The van der Waals surface area contributed by atoms with E-state index < -0.39 is 0 Å². The third kappa shape index (κ3) is 5.74. The van der Waals surface area contributed by atoms with Gasteiger partial charge in [0.2, 0.25) is 5.91 Å². The molecule has 0 saturated heterocycles. The lowest BCUT2D eigenvalue weighted by atomic mass is 10.0. The molecule has 27 heavy (non-hydrogen) atoms. The standard InChI is InChI=1S/C21H27N3O3/c1-13(2)20(25)23-16-7-9-17(10-8-16)24-21(26)22-15(4)18-12-14(3)6-11-19(18)27-5/h6-13,15H,1-5H3,(H,23,25)(H2,22,24,26)/t15-/m0/s1. The highest BCUT2D eigenvalue weighted by Gasteiger charge is 2.14. The molecular weight excluding hydrogens is 342 g/mol. The van der Waals surface area contributed by atoms with Crippen LogP contribution in [0.2, 0.25) is 0 Å². The first kappa shape index (κ1) is 20.3. The summed E-state index contributed by atoms with van der Waals surface area (Å²) in [6, 6.07) is 12.3. The van der Waals surface area contributed by atoms with E-state index in [0.29, 0.717) is 11.4 Å². The van der Waals surface area contributed by atoms with Gasteiger partial charge in [-0.05, 0) is 44.2 Å². The molecule has 0 fully saturated rings.